The van der Waals surface area contributed by atoms with E-state index in [0.717, 1.165) is 13.0 Å². The van der Waals surface area contributed by atoms with Crippen LogP contribution in [0.5, 0.6) is 0 Å². The molecule has 0 aromatic heterocycles. The SMILES string of the molecule is COC(=O)C(C(C)C)N(C)C(=O)[C@H]1CCNC1. The fraction of sp³-hybridized carbons (Fsp3) is 0.833. The molecule has 5 nitrogen and oxygen atoms in total. The molecule has 1 aliphatic heterocycles. The van der Waals surface area contributed by atoms with E-state index in [-0.39, 0.29) is 23.7 Å². The number of likely N-dealkylation sites (N-methyl/N-ethyl adjacent to an activating group) is 1. The summed E-state index contributed by atoms with van der Waals surface area (Å²) in [5.41, 5.74) is 0. The Morgan fingerprint density at radius 3 is 2.47 bits per heavy atom. The van der Waals surface area contributed by atoms with Crippen LogP contribution in [0.25, 0.3) is 0 Å². The number of methoxy groups -OCH3 is 1. The quantitative estimate of drug-likeness (QED) is 0.718. The maximum atomic E-state index is 12.2. The summed E-state index contributed by atoms with van der Waals surface area (Å²) in [7, 11) is 3.04. The molecule has 0 aromatic carbocycles. The van der Waals surface area contributed by atoms with Crippen molar-refractivity contribution in [1.82, 2.24) is 10.2 Å². The summed E-state index contributed by atoms with van der Waals surface area (Å²) in [6.07, 6.45) is 0.842. The van der Waals surface area contributed by atoms with Crippen molar-refractivity contribution in [2.75, 3.05) is 27.2 Å². The van der Waals surface area contributed by atoms with Gasteiger partial charge in [-0.15, -0.1) is 0 Å². The molecule has 17 heavy (non-hydrogen) atoms. The van der Waals surface area contributed by atoms with E-state index in [0.29, 0.717) is 6.54 Å². The van der Waals surface area contributed by atoms with Gasteiger partial charge in [-0.05, 0) is 18.9 Å². The summed E-state index contributed by atoms with van der Waals surface area (Å²) in [6.45, 7) is 5.40. The predicted octanol–water partition coefficient (Wildman–Crippen LogP) is 0.252. The Morgan fingerprint density at radius 2 is 2.06 bits per heavy atom. The van der Waals surface area contributed by atoms with Crippen LogP contribution in [0.15, 0.2) is 0 Å². The second kappa shape index (κ2) is 6.00. The summed E-state index contributed by atoms with van der Waals surface area (Å²) >= 11 is 0. The number of carbonyl (C=O) groups excluding carboxylic acids is 2. The highest BCUT2D eigenvalue weighted by Crippen LogP contribution is 2.17. The van der Waals surface area contributed by atoms with Gasteiger partial charge in [-0.2, -0.15) is 0 Å². The lowest BCUT2D eigenvalue weighted by Crippen LogP contribution is -2.48. The third-order valence-corrected chi connectivity index (χ3v) is 3.25. The van der Waals surface area contributed by atoms with Gasteiger partial charge in [0.25, 0.3) is 0 Å². The lowest BCUT2D eigenvalue weighted by molar-refractivity contribution is -0.154. The minimum Gasteiger partial charge on any atom is -0.467 e. The first-order chi connectivity index (χ1) is 7.99. The van der Waals surface area contributed by atoms with Crippen LogP contribution in [0.2, 0.25) is 0 Å². The molecule has 1 saturated heterocycles. The van der Waals surface area contributed by atoms with Gasteiger partial charge >= 0.3 is 5.97 Å². The van der Waals surface area contributed by atoms with E-state index in [1.165, 1.54) is 12.0 Å². The van der Waals surface area contributed by atoms with E-state index in [1.807, 2.05) is 13.8 Å². The molecule has 5 heteroatoms. The molecule has 2 atom stereocenters. The lowest BCUT2D eigenvalue weighted by Gasteiger charge is -2.30. The van der Waals surface area contributed by atoms with Crippen molar-refractivity contribution in [3.8, 4) is 0 Å². The monoisotopic (exact) mass is 242 g/mol. The van der Waals surface area contributed by atoms with Crippen molar-refractivity contribution in [3.63, 3.8) is 0 Å². The Kier molecular flexibility index (Phi) is 4.93. The van der Waals surface area contributed by atoms with Crippen LogP contribution in [-0.4, -0.2) is 50.1 Å². The third-order valence-electron chi connectivity index (χ3n) is 3.25. The Balaban J connectivity index is 2.72. The molecule has 98 valence electrons. The predicted molar refractivity (Wildman–Crippen MR) is 64.4 cm³/mol. The number of hydrogen-bond donors (Lipinski definition) is 1. The molecule has 0 saturated carbocycles. The van der Waals surface area contributed by atoms with Crippen LogP contribution in [-0.2, 0) is 14.3 Å². The second-order valence-corrected chi connectivity index (χ2v) is 4.85. The summed E-state index contributed by atoms with van der Waals surface area (Å²) in [4.78, 5) is 25.4. The van der Waals surface area contributed by atoms with Gasteiger partial charge in [-0.1, -0.05) is 13.8 Å². The van der Waals surface area contributed by atoms with Gasteiger partial charge in [0.15, 0.2) is 0 Å². The van der Waals surface area contributed by atoms with Gasteiger partial charge < -0.3 is 15.0 Å². The molecular weight excluding hydrogens is 220 g/mol. The molecule has 0 spiro atoms. The highest BCUT2D eigenvalue weighted by Gasteiger charge is 2.34. The van der Waals surface area contributed by atoms with Crippen LogP contribution >= 0.6 is 0 Å². The Hall–Kier alpha value is -1.10. The van der Waals surface area contributed by atoms with Gasteiger partial charge in [0, 0.05) is 13.6 Å². The average molecular weight is 242 g/mol. The summed E-state index contributed by atoms with van der Waals surface area (Å²) in [6, 6.07) is -0.493. The first-order valence-electron chi connectivity index (χ1n) is 6.04. The van der Waals surface area contributed by atoms with Crippen molar-refractivity contribution >= 4 is 11.9 Å². The van der Waals surface area contributed by atoms with E-state index in [4.69, 9.17) is 4.74 Å². The zero-order valence-corrected chi connectivity index (χ0v) is 11.0. The van der Waals surface area contributed by atoms with Crippen molar-refractivity contribution < 1.29 is 14.3 Å². The molecular formula is C12H22N2O3. The maximum Gasteiger partial charge on any atom is 0.328 e. The van der Waals surface area contributed by atoms with Crippen molar-refractivity contribution in [3.05, 3.63) is 0 Å². The first kappa shape index (κ1) is 14.0. The largest absolute Gasteiger partial charge is 0.467 e. The molecule has 0 radical (unpaired) electrons. The molecule has 1 unspecified atom stereocenters. The summed E-state index contributed by atoms with van der Waals surface area (Å²) < 4.78 is 4.76. The number of amides is 1. The zero-order valence-electron chi connectivity index (χ0n) is 11.0. The molecule has 0 aromatic rings. The summed E-state index contributed by atoms with van der Waals surface area (Å²) in [5, 5.41) is 3.16. The summed E-state index contributed by atoms with van der Waals surface area (Å²) in [5.74, 6) is -0.280. The van der Waals surface area contributed by atoms with Crippen LogP contribution in [0.3, 0.4) is 0 Å². The lowest BCUT2D eigenvalue weighted by atomic mass is 10.00. The van der Waals surface area contributed by atoms with Crippen molar-refractivity contribution in [2.45, 2.75) is 26.3 Å². The number of ether oxygens (including phenoxy) is 1. The minimum atomic E-state index is -0.493. The molecule has 0 bridgehead atoms. The van der Waals surface area contributed by atoms with Crippen LogP contribution in [0.1, 0.15) is 20.3 Å². The van der Waals surface area contributed by atoms with Crippen molar-refractivity contribution in [2.24, 2.45) is 11.8 Å². The molecule has 1 rings (SSSR count). The fourth-order valence-electron chi connectivity index (χ4n) is 2.29. The number of esters is 1. The van der Waals surface area contributed by atoms with Crippen LogP contribution in [0, 0.1) is 11.8 Å². The van der Waals surface area contributed by atoms with Gasteiger partial charge in [0.2, 0.25) is 5.91 Å². The van der Waals surface area contributed by atoms with Gasteiger partial charge in [0.05, 0.1) is 13.0 Å². The number of hydrogen-bond acceptors (Lipinski definition) is 4. The maximum absolute atomic E-state index is 12.2. The smallest absolute Gasteiger partial charge is 0.328 e. The highest BCUT2D eigenvalue weighted by molar-refractivity contribution is 5.86. The number of rotatable bonds is 4. The molecule has 1 amide bonds. The Morgan fingerprint density at radius 1 is 1.41 bits per heavy atom. The molecule has 1 aliphatic rings. The van der Waals surface area contributed by atoms with Gasteiger partial charge in [0.1, 0.15) is 6.04 Å². The van der Waals surface area contributed by atoms with E-state index in [9.17, 15) is 9.59 Å². The Labute approximate surface area is 102 Å². The minimum absolute atomic E-state index is 0.00842. The second-order valence-electron chi connectivity index (χ2n) is 4.85. The average Bonchev–Trinajstić information content (AvgIpc) is 2.80. The van der Waals surface area contributed by atoms with E-state index in [1.54, 1.807) is 7.05 Å². The molecule has 1 fully saturated rings. The first-order valence-corrected chi connectivity index (χ1v) is 6.04. The number of carbonyl (C=O) groups is 2. The highest BCUT2D eigenvalue weighted by atomic mass is 16.5. The third kappa shape index (κ3) is 3.19. The van der Waals surface area contributed by atoms with Crippen LogP contribution < -0.4 is 5.32 Å². The van der Waals surface area contributed by atoms with Gasteiger partial charge in [-0.25, -0.2) is 4.79 Å². The molecule has 1 heterocycles. The topological polar surface area (TPSA) is 58.6 Å². The normalized spacial score (nSPS) is 21.4. The van der Waals surface area contributed by atoms with E-state index >= 15 is 0 Å². The molecule has 1 N–H and O–H groups in total. The van der Waals surface area contributed by atoms with E-state index < -0.39 is 6.04 Å². The van der Waals surface area contributed by atoms with E-state index in [2.05, 4.69) is 5.32 Å². The number of nitrogens with zero attached hydrogens (tertiary/aromatic N) is 1. The van der Waals surface area contributed by atoms with Crippen LogP contribution in [0.4, 0.5) is 0 Å². The number of nitrogens with one attached hydrogen (secondary N) is 1. The standard InChI is InChI=1S/C12H22N2O3/c1-8(2)10(12(16)17-4)14(3)11(15)9-5-6-13-7-9/h8-10,13H,5-7H2,1-4H3/t9-,10?/m0/s1. The van der Waals surface area contributed by atoms with Gasteiger partial charge in [-0.3, -0.25) is 4.79 Å². The zero-order chi connectivity index (χ0) is 13.0. The van der Waals surface area contributed by atoms with Crippen molar-refractivity contribution in [1.29, 1.82) is 0 Å². The molecule has 0 aliphatic carbocycles. The fourth-order valence-corrected chi connectivity index (χ4v) is 2.29. The Bertz CT molecular complexity index is 285.